The van der Waals surface area contributed by atoms with Crippen LogP contribution in [0.2, 0.25) is 10.0 Å². The molecule has 24 heavy (non-hydrogen) atoms. The number of halogens is 2. The van der Waals surface area contributed by atoms with E-state index in [-0.39, 0.29) is 18.6 Å². The van der Waals surface area contributed by atoms with Crippen molar-refractivity contribution in [2.75, 3.05) is 11.9 Å². The highest BCUT2D eigenvalue weighted by Crippen LogP contribution is 2.61. The molecule has 4 atom stereocenters. The summed E-state index contributed by atoms with van der Waals surface area (Å²) >= 11 is 12.3. The van der Waals surface area contributed by atoms with Crippen LogP contribution in [0.25, 0.3) is 11.0 Å². The van der Waals surface area contributed by atoms with Gasteiger partial charge in [-0.1, -0.05) is 23.2 Å². The van der Waals surface area contributed by atoms with E-state index in [1.165, 1.54) is 0 Å². The zero-order chi connectivity index (χ0) is 17.2. The minimum absolute atomic E-state index is 0.0748. The lowest BCUT2D eigenvalue weighted by molar-refractivity contribution is -0.0850. The van der Waals surface area contributed by atoms with Crippen LogP contribution in [-0.4, -0.2) is 44.6 Å². The standard InChI is InChI=1S/C16H19Cl2N3O3/c1-7(2)19-15-20-11-3-9(17)10(18)4-12(11)21(15)16-5-8(16)14(23)13(6-22)24-16/h3-4,7-8,13-14,22-23H,5-6H2,1-2H3,(H,19,20)/t8?,13-,14?,16-/m0/s1. The fourth-order valence-corrected chi connectivity index (χ4v) is 3.95. The van der Waals surface area contributed by atoms with Crippen molar-refractivity contribution >= 4 is 40.2 Å². The van der Waals surface area contributed by atoms with E-state index in [9.17, 15) is 10.2 Å². The summed E-state index contributed by atoms with van der Waals surface area (Å²) < 4.78 is 7.99. The number of imidazole rings is 1. The molecule has 0 amide bonds. The minimum Gasteiger partial charge on any atom is -0.394 e. The van der Waals surface area contributed by atoms with Crippen molar-refractivity contribution in [3.05, 3.63) is 22.2 Å². The van der Waals surface area contributed by atoms with Crippen LogP contribution in [0.1, 0.15) is 20.3 Å². The van der Waals surface area contributed by atoms with E-state index in [1.54, 1.807) is 12.1 Å². The lowest BCUT2D eigenvalue weighted by atomic mass is 10.1. The minimum atomic E-state index is -0.698. The van der Waals surface area contributed by atoms with Gasteiger partial charge in [0.05, 0.1) is 33.8 Å². The molecule has 1 saturated carbocycles. The Labute approximate surface area is 149 Å². The Morgan fingerprint density at radius 1 is 1.42 bits per heavy atom. The SMILES string of the molecule is CC(C)Nc1nc2cc(Cl)c(Cl)cc2n1[C@]12CC1C(O)[C@H](CO)O2. The number of hydrogen-bond acceptors (Lipinski definition) is 5. The topological polar surface area (TPSA) is 79.5 Å². The monoisotopic (exact) mass is 371 g/mol. The second-order valence-corrected chi connectivity index (χ2v) is 7.62. The first kappa shape index (κ1) is 16.4. The van der Waals surface area contributed by atoms with Gasteiger partial charge in [-0.2, -0.15) is 0 Å². The van der Waals surface area contributed by atoms with Gasteiger partial charge in [-0.05, 0) is 26.0 Å². The number of fused-ring (bicyclic) bond motifs is 2. The number of aliphatic hydroxyl groups is 2. The van der Waals surface area contributed by atoms with E-state index < -0.39 is 17.9 Å². The first-order valence-electron chi connectivity index (χ1n) is 7.98. The quantitative estimate of drug-likeness (QED) is 0.769. The molecule has 2 aliphatic rings. The second-order valence-electron chi connectivity index (χ2n) is 6.81. The summed E-state index contributed by atoms with van der Waals surface area (Å²) in [4.78, 5) is 4.63. The Kier molecular flexibility index (Phi) is 3.75. The Balaban J connectivity index is 1.89. The molecule has 3 N–H and O–H groups in total. The van der Waals surface area contributed by atoms with Crippen LogP contribution in [-0.2, 0) is 10.5 Å². The van der Waals surface area contributed by atoms with E-state index in [4.69, 9.17) is 27.9 Å². The molecule has 1 aliphatic carbocycles. The van der Waals surface area contributed by atoms with Crippen molar-refractivity contribution in [2.45, 2.75) is 44.2 Å². The van der Waals surface area contributed by atoms with E-state index in [0.717, 1.165) is 5.52 Å². The Bertz CT molecular complexity index is 809. The average molecular weight is 372 g/mol. The lowest BCUT2D eigenvalue weighted by Crippen LogP contribution is -2.30. The summed E-state index contributed by atoms with van der Waals surface area (Å²) in [5, 5.41) is 23.9. The van der Waals surface area contributed by atoms with Crippen molar-refractivity contribution in [2.24, 2.45) is 5.92 Å². The molecule has 0 radical (unpaired) electrons. The molecule has 0 bridgehead atoms. The molecule has 8 heteroatoms. The number of aromatic nitrogens is 2. The Morgan fingerprint density at radius 2 is 2.12 bits per heavy atom. The first-order valence-corrected chi connectivity index (χ1v) is 8.74. The van der Waals surface area contributed by atoms with Crippen molar-refractivity contribution in [3.8, 4) is 0 Å². The fraction of sp³-hybridized carbons (Fsp3) is 0.562. The molecule has 1 saturated heterocycles. The number of aliphatic hydroxyl groups excluding tert-OH is 2. The number of ether oxygens (including phenoxy) is 1. The second kappa shape index (κ2) is 5.47. The molecule has 6 nitrogen and oxygen atoms in total. The molecule has 2 aromatic rings. The van der Waals surface area contributed by atoms with Crippen molar-refractivity contribution in [1.82, 2.24) is 9.55 Å². The third-order valence-electron chi connectivity index (χ3n) is 4.75. The molecular weight excluding hydrogens is 353 g/mol. The summed E-state index contributed by atoms with van der Waals surface area (Å²) in [6.45, 7) is 3.82. The van der Waals surface area contributed by atoms with Crippen LogP contribution >= 0.6 is 23.2 Å². The van der Waals surface area contributed by atoms with Crippen LogP contribution in [0.4, 0.5) is 5.95 Å². The van der Waals surface area contributed by atoms with Crippen molar-refractivity contribution < 1.29 is 14.9 Å². The van der Waals surface area contributed by atoms with E-state index >= 15 is 0 Å². The number of nitrogens with zero attached hydrogens (tertiary/aromatic N) is 2. The van der Waals surface area contributed by atoms with E-state index in [0.29, 0.717) is 27.9 Å². The van der Waals surface area contributed by atoms with Gasteiger partial charge < -0.3 is 20.3 Å². The number of hydrogen-bond donors (Lipinski definition) is 3. The summed E-state index contributed by atoms with van der Waals surface area (Å²) in [6.07, 6.45) is -0.610. The number of nitrogens with one attached hydrogen (secondary N) is 1. The predicted octanol–water partition coefficient (Wildman–Crippen LogP) is 2.59. The zero-order valence-corrected chi connectivity index (χ0v) is 14.8. The normalized spacial score (nSPS) is 31.7. The van der Waals surface area contributed by atoms with Crippen molar-refractivity contribution in [1.29, 1.82) is 0 Å². The molecule has 2 unspecified atom stereocenters. The number of rotatable bonds is 4. The molecule has 1 aromatic heterocycles. The fourth-order valence-electron chi connectivity index (χ4n) is 3.64. The van der Waals surface area contributed by atoms with Crippen LogP contribution in [0.15, 0.2) is 12.1 Å². The predicted molar refractivity (Wildman–Crippen MR) is 92.6 cm³/mol. The van der Waals surface area contributed by atoms with E-state index in [1.807, 2.05) is 18.4 Å². The smallest absolute Gasteiger partial charge is 0.206 e. The molecule has 2 fully saturated rings. The summed E-state index contributed by atoms with van der Waals surface area (Å²) in [5.41, 5.74) is 0.801. The van der Waals surface area contributed by atoms with Gasteiger partial charge in [-0.3, -0.25) is 4.57 Å². The highest BCUT2D eigenvalue weighted by molar-refractivity contribution is 6.42. The summed E-state index contributed by atoms with van der Waals surface area (Å²) in [7, 11) is 0. The van der Waals surface area contributed by atoms with Gasteiger partial charge >= 0.3 is 0 Å². The third kappa shape index (κ3) is 2.24. The molecule has 1 aliphatic heterocycles. The zero-order valence-electron chi connectivity index (χ0n) is 13.3. The lowest BCUT2D eigenvalue weighted by Gasteiger charge is -2.23. The maximum atomic E-state index is 10.3. The first-order chi connectivity index (χ1) is 11.4. The molecule has 1 aromatic carbocycles. The molecule has 0 spiro atoms. The van der Waals surface area contributed by atoms with Gasteiger partial charge in [-0.25, -0.2) is 4.98 Å². The van der Waals surface area contributed by atoms with Gasteiger partial charge in [0.2, 0.25) is 5.95 Å². The third-order valence-corrected chi connectivity index (χ3v) is 5.48. The van der Waals surface area contributed by atoms with Gasteiger partial charge in [0.15, 0.2) is 5.72 Å². The molecule has 4 rings (SSSR count). The molecule has 130 valence electrons. The summed E-state index contributed by atoms with van der Waals surface area (Å²) in [5.74, 6) is 0.570. The maximum absolute atomic E-state index is 10.3. The highest BCUT2D eigenvalue weighted by Gasteiger charge is 2.69. The van der Waals surface area contributed by atoms with Crippen LogP contribution < -0.4 is 5.32 Å². The average Bonchev–Trinajstić information content (AvgIpc) is 3.04. The van der Waals surface area contributed by atoms with Gasteiger partial charge in [0.1, 0.15) is 6.10 Å². The maximum Gasteiger partial charge on any atom is 0.206 e. The van der Waals surface area contributed by atoms with Crippen LogP contribution in [0.5, 0.6) is 0 Å². The molecule has 2 heterocycles. The van der Waals surface area contributed by atoms with Crippen LogP contribution in [0, 0.1) is 5.92 Å². The number of benzene rings is 1. The van der Waals surface area contributed by atoms with Crippen LogP contribution in [0.3, 0.4) is 0 Å². The largest absolute Gasteiger partial charge is 0.394 e. The summed E-state index contributed by atoms with van der Waals surface area (Å²) in [6, 6.07) is 3.66. The highest BCUT2D eigenvalue weighted by atomic mass is 35.5. The molecular formula is C16H19Cl2N3O3. The van der Waals surface area contributed by atoms with Crippen molar-refractivity contribution in [3.63, 3.8) is 0 Å². The van der Waals surface area contributed by atoms with Gasteiger partial charge in [-0.15, -0.1) is 0 Å². The Hall–Kier alpha value is -1.05. The Morgan fingerprint density at radius 3 is 2.75 bits per heavy atom. The van der Waals surface area contributed by atoms with E-state index in [2.05, 4.69) is 10.3 Å². The van der Waals surface area contributed by atoms with Gasteiger partial charge in [0, 0.05) is 18.4 Å². The van der Waals surface area contributed by atoms with Gasteiger partial charge in [0.25, 0.3) is 0 Å². The number of anilines is 1.